The van der Waals surface area contributed by atoms with Gasteiger partial charge < -0.3 is 9.84 Å². The minimum Gasteiger partial charge on any atom is -0.495 e. The SMILES string of the molecule is COc1c(Br)cc(C(C)C)cc1CC(C)C(=O)O. The van der Waals surface area contributed by atoms with Gasteiger partial charge in [0, 0.05) is 0 Å². The predicted octanol–water partition coefficient (Wildman–Crippen LogP) is 3.84. The van der Waals surface area contributed by atoms with E-state index < -0.39 is 11.9 Å². The van der Waals surface area contributed by atoms with E-state index in [4.69, 9.17) is 9.84 Å². The number of rotatable bonds is 5. The van der Waals surface area contributed by atoms with Crippen LogP contribution in [0.2, 0.25) is 0 Å². The first-order chi connectivity index (χ1) is 8.36. The van der Waals surface area contributed by atoms with E-state index in [2.05, 4.69) is 29.8 Å². The van der Waals surface area contributed by atoms with Crippen molar-refractivity contribution in [3.8, 4) is 5.75 Å². The Morgan fingerprint density at radius 3 is 2.44 bits per heavy atom. The molecule has 0 aliphatic rings. The number of aliphatic carboxylic acids is 1. The molecular formula is C14H19BrO3. The van der Waals surface area contributed by atoms with Crippen LogP contribution in [0, 0.1) is 5.92 Å². The van der Waals surface area contributed by atoms with Gasteiger partial charge in [0.15, 0.2) is 0 Å². The number of hydrogen-bond donors (Lipinski definition) is 1. The summed E-state index contributed by atoms with van der Waals surface area (Å²) in [6.45, 7) is 5.93. The summed E-state index contributed by atoms with van der Waals surface area (Å²) in [5.41, 5.74) is 2.11. The van der Waals surface area contributed by atoms with Crippen molar-refractivity contribution in [2.45, 2.75) is 33.1 Å². The van der Waals surface area contributed by atoms with Crippen LogP contribution in [0.25, 0.3) is 0 Å². The largest absolute Gasteiger partial charge is 0.495 e. The third-order valence-electron chi connectivity index (χ3n) is 2.96. The number of benzene rings is 1. The van der Waals surface area contributed by atoms with Gasteiger partial charge in [-0.2, -0.15) is 0 Å². The van der Waals surface area contributed by atoms with E-state index in [0.717, 1.165) is 15.8 Å². The second-order valence-corrected chi connectivity index (χ2v) is 5.65. The van der Waals surface area contributed by atoms with E-state index in [1.807, 2.05) is 12.1 Å². The van der Waals surface area contributed by atoms with Crippen LogP contribution < -0.4 is 4.74 Å². The number of methoxy groups -OCH3 is 1. The minimum atomic E-state index is -0.789. The lowest BCUT2D eigenvalue weighted by atomic mass is 9.95. The molecule has 100 valence electrons. The molecule has 3 nitrogen and oxygen atoms in total. The highest BCUT2D eigenvalue weighted by molar-refractivity contribution is 9.10. The summed E-state index contributed by atoms with van der Waals surface area (Å²) in [6, 6.07) is 4.06. The average Bonchev–Trinajstić information content (AvgIpc) is 2.28. The number of carboxylic acids is 1. The van der Waals surface area contributed by atoms with Crippen molar-refractivity contribution in [1.82, 2.24) is 0 Å². The highest BCUT2D eigenvalue weighted by Gasteiger charge is 2.17. The monoisotopic (exact) mass is 314 g/mol. The molecule has 0 aliphatic heterocycles. The molecule has 4 heteroatoms. The maximum atomic E-state index is 11.0. The highest BCUT2D eigenvalue weighted by Crippen LogP contribution is 2.34. The molecule has 1 unspecified atom stereocenters. The molecule has 0 heterocycles. The van der Waals surface area contributed by atoms with Crippen LogP contribution >= 0.6 is 15.9 Å². The smallest absolute Gasteiger partial charge is 0.306 e. The Labute approximate surface area is 116 Å². The molecular weight excluding hydrogens is 296 g/mol. The van der Waals surface area contributed by atoms with Crippen LogP contribution in [0.5, 0.6) is 5.75 Å². The van der Waals surface area contributed by atoms with E-state index in [1.54, 1.807) is 14.0 Å². The van der Waals surface area contributed by atoms with Crippen molar-refractivity contribution in [3.05, 3.63) is 27.7 Å². The predicted molar refractivity (Wildman–Crippen MR) is 75.3 cm³/mol. The zero-order valence-electron chi connectivity index (χ0n) is 11.2. The topological polar surface area (TPSA) is 46.5 Å². The molecule has 1 aromatic rings. The fraction of sp³-hybridized carbons (Fsp3) is 0.500. The summed E-state index contributed by atoms with van der Waals surface area (Å²) in [5, 5.41) is 9.00. The van der Waals surface area contributed by atoms with Gasteiger partial charge in [0.1, 0.15) is 5.75 Å². The Kier molecular flexibility index (Phi) is 5.20. The molecule has 1 atom stereocenters. The van der Waals surface area contributed by atoms with Gasteiger partial charge in [0.25, 0.3) is 0 Å². The van der Waals surface area contributed by atoms with Gasteiger partial charge >= 0.3 is 5.97 Å². The van der Waals surface area contributed by atoms with Crippen molar-refractivity contribution in [2.24, 2.45) is 5.92 Å². The summed E-state index contributed by atoms with van der Waals surface area (Å²) in [6.07, 6.45) is 0.470. The van der Waals surface area contributed by atoms with Crippen LogP contribution in [0.1, 0.15) is 37.8 Å². The van der Waals surface area contributed by atoms with Gasteiger partial charge in [-0.3, -0.25) is 4.79 Å². The lowest BCUT2D eigenvalue weighted by molar-refractivity contribution is -0.141. The van der Waals surface area contributed by atoms with E-state index in [-0.39, 0.29) is 0 Å². The van der Waals surface area contributed by atoms with Crippen molar-refractivity contribution < 1.29 is 14.6 Å². The number of hydrogen-bond acceptors (Lipinski definition) is 2. The first kappa shape index (κ1) is 15.0. The summed E-state index contributed by atoms with van der Waals surface area (Å²) in [4.78, 5) is 11.0. The zero-order valence-corrected chi connectivity index (χ0v) is 12.7. The lowest BCUT2D eigenvalue weighted by Crippen LogP contribution is -2.13. The molecule has 0 fully saturated rings. The number of carboxylic acid groups (broad SMARTS) is 1. The number of ether oxygens (including phenoxy) is 1. The standard InChI is InChI=1S/C14H19BrO3/c1-8(2)10-6-11(5-9(3)14(16)17)13(18-4)12(15)7-10/h6-9H,5H2,1-4H3,(H,16,17). The van der Waals surface area contributed by atoms with Gasteiger partial charge in [-0.25, -0.2) is 0 Å². The second-order valence-electron chi connectivity index (χ2n) is 4.79. The molecule has 0 saturated carbocycles. The normalized spacial score (nSPS) is 12.6. The molecule has 0 aliphatic carbocycles. The van der Waals surface area contributed by atoms with Gasteiger partial charge in [-0.1, -0.05) is 26.8 Å². The first-order valence-electron chi connectivity index (χ1n) is 5.95. The molecule has 0 saturated heterocycles. The van der Waals surface area contributed by atoms with Gasteiger partial charge in [-0.05, 0) is 45.5 Å². The number of halogens is 1. The summed E-state index contributed by atoms with van der Waals surface area (Å²) in [7, 11) is 1.60. The van der Waals surface area contributed by atoms with Crippen molar-refractivity contribution in [1.29, 1.82) is 0 Å². The second kappa shape index (κ2) is 6.23. The van der Waals surface area contributed by atoms with Crippen LogP contribution in [-0.4, -0.2) is 18.2 Å². The molecule has 1 aromatic carbocycles. The fourth-order valence-corrected chi connectivity index (χ4v) is 2.49. The Morgan fingerprint density at radius 1 is 1.39 bits per heavy atom. The Bertz CT molecular complexity index is 441. The minimum absolute atomic E-state index is 0.395. The maximum absolute atomic E-state index is 11.0. The first-order valence-corrected chi connectivity index (χ1v) is 6.75. The molecule has 0 aromatic heterocycles. The fourth-order valence-electron chi connectivity index (χ4n) is 1.80. The van der Waals surface area contributed by atoms with Crippen molar-refractivity contribution in [3.63, 3.8) is 0 Å². The lowest BCUT2D eigenvalue weighted by Gasteiger charge is -2.16. The Hall–Kier alpha value is -1.03. The quantitative estimate of drug-likeness (QED) is 0.898. The molecule has 1 rings (SSSR count). The maximum Gasteiger partial charge on any atom is 0.306 e. The zero-order chi connectivity index (χ0) is 13.9. The third kappa shape index (κ3) is 3.48. The molecule has 0 spiro atoms. The summed E-state index contributed by atoms with van der Waals surface area (Å²) in [5.74, 6) is -0.0880. The molecule has 18 heavy (non-hydrogen) atoms. The Morgan fingerprint density at radius 2 is 2.00 bits per heavy atom. The number of carbonyl (C=O) groups is 1. The van der Waals surface area contributed by atoms with E-state index in [1.165, 1.54) is 5.56 Å². The molecule has 0 amide bonds. The summed E-state index contributed by atoms with van der Waals surface area (Å²) < 4.78 is 6.23. The van der Waals surface area contributed by atoms with Crippen LogP contribution in [0.3, 0.4) is 0 Å². The van der Waals surface area contributed by atoms with Gasteiger partial charge in [0.05, 0.1) is 17.5 Å². The van der Waals surface area contributed by atoms with Crippen molar-refractivity contribution in [2.75, 3.05) is 7.11 Å². The van der Waals surface area contributed by atoms with E-state index >= 15 is 0 Å². The van der Waals surface area contributed by atoms with E-state index in [9.17, 15) is 4.79 Å². The highest BCUT2D eigenvalue weighted by atomic mass is 79.9. The average molecular weight is 315 g/mol. The summed E-state index contributed by atoms with van der Waals surface area (Å²) >= 11 is 3.48. The molecule has 1 N–H and O–H groups in total. The Balaban J connectivity index is 3.17. The van der Waals surface area contributed by atoms with Gasteiger partial charge in [-0.15, -0.1) is 0 Å². The van der Waals surface area contributed by atoms with Crippen LogP contribution in [0.4, 0.5) is 0 Å². The van der Waals surface area contributed by atoms with Crippen LogP contribution in [0.15, 0.2) is 16.6 Å². The van der Waals surface area contributed by atoms with Crippen LogP contribution in [-0.2, 0) is 11.2 Å². The van der Waals surface area contributed by atoms with E-state index in [0.29, 0.717) is 12.3 Å². The third-order valence-corrected chi connectivity index (χ3v) is 3.55. The van der Waals surface area contributed by atoms with Gasteiger partial charge in [0.2, 0.25) is 0 Å². The molecule has 0 bridgehead atoms. The molecule has 0 radical (unpaired) electrons. The van der Waals surface area contributed by atoms with Crippen molar-refractivity contribution >= 4 is 21.9 Å².